The highest BCUT2D eigenvalue weighted by Crippen LogP contribution is 2.35. The number of carboxylic acid groups (broad SMARTS) is 1. The van der Waals surface area contributed by atoms with Crippen molar-refractivity contribution in [1.82, 2.24) is 0 Å². The summed E-state index contributed by atoms with van der Waals surface area (Å²) < 4.78 is 21.9. The summed E-state index contributed by atoms with van der Waals surface area (Å²) in [5.74, 6) is -0.147. The number of fused-ring (bicyclic) bond motifs is 1. The van der Waals surface area contributed by atoms with Crippen LogP contribution in [0, 0.1) is 0 Å². The molecular weight excluding hydrogens is 380 g/mol. The van der Waals surface area contributed by atoms with Crippen LogP contribution in [0.1, 0.15) is 13.3 Å². The van der Waals surface area contributed by atoms with Gasteiger partial charge >= 0.3 is 5.97 Å². The Labute approximate surface area is 165 Å². The Kier molecular flexibility index (Phi) is 5.92. The number of hydrogen-bond acceptors (Lipinski definition) is 7. The average molecular weight is 400 g/mol. The van der Waals surface area contributed by atoms with E-state index in [2.05, 4.69) is 0 Å². The summed E-state index contributed by atoms with van der Waals surface area (Å²) in [6.07, 6.45) is 0.816. The van der Waals surface area contributed by atoms with Crippen LogP contribution < -0.4 is 19.6 Å². The summed E-state index contributed by atoms with van der Waals surface area (Å²) in [5.41, 5.74) is 0.197. The van der Waals surface area contributed by atoms with Gasteiger partial charge < -0.3 is 28.8 Å². The number of ether oxygens (including phenoxy) is 3. The van der Waals surface area contributed by atoms with Gasteiger partial charge in [-0.05, 0) is 24.6 Å². The number of methoxy groups -OCH3 is 1. The van der Waals surface area contributed by atoms with Crippen molar-refractivity contribution < 1.29 is 33.6 Å². The molecule has 29 heavy (non-hydrogen) atoms. The Morgan fingerprint density at radius 1 is 1.10 bits per heavy atom. The van der Waals surface area contributed by atoms with Crippen LogP contribution in [0.2, 0.25) is 0 Å². The van der Waals surface area contributed by atoms with E-state index in [1.807, 2.05) is 6.92 Å². The molecule has 0 saturated heterocycles. The summed E-state index contributed by atoms with van der Waals surface area (Å²) >= 11 is 0. The Balaban J connectivity index is 2.08. The Bertz CT molecular complexity index is 1100. The van der Waals surface area contributed by atoms with E-state index in [1.165, 1.54) is 25.3 Å². The third kappa shape index (κ3) is 4.43. The summed E-state index contributed by atoms with van der Waals surface area (Å²) in [4.78, 5) is 23.2. The second-order valence-corrected chi connectivity index (χ2v) is 6.19. The fourth-order valence-electron chi connectivity index (χ4n) is 2.77. The number of carbonyl (C=O) groups is 1. The summed E-state index contributed by atoms with van der Waals surface area (Å²) in [6, 6.07) is 8.92. The topological polar surface area (TPSA) is 115 Å². The number of phenolic OH excluding ortho intramolecular Hbond substituents is 1. The molecule has 2 N–H and O–H groups in total. The van der Waals surface area contributed by atoms with Crippen LogP contribution >= 0.6 is 0 Å². The fourth-order valence-corrected chi connectivity index (χ4v) is 2.77. The van der Waals surface area contributed by atoms with E-state index < -0.39 is 18.0 Å². The lowest BCUT2D eigenvalue weighted by molar-refractivity contribution is -0.139. The summed E-state index contributed by atoms with van der Waals surface area (Å²) in [6.45, 7) is 1.89. The van der Waals surface area contributed by atoms with Crippen LogP contribution in [0.15, 0.2) is 45.6 Å². The first-order chi connectivity index (χ1) is 13.9. The molecule has 3 rings (SSSR count). The largest absolute Gasteiger partial charge is 0.507 e. The first kappa shape index (κ1) is 20.1. The third-order valence-corrected chi connectivity index (χ3v) is 4.06. The van der Waals surface area contributed by atoms with E-state index in [4.69, 9.17) is 23.7 Å². The van der Waals surface area contributed by atoms with E-state index >= 15 is 0 Å². The predicted molar refractivity (Wildman–Crippen MR) is 105 cm³/mol. The van der Waals surface area contributed by atoms with Crippen LogP contribution in [-0.4, -0.2) is 36.5 Å². The minimum atomic E-state index is -1.17. The molecule has 0 unspecified atom stereocenters. The minimum Gasteiger partial charge on any atom is -0.507 e. The lowest BCUT2D eigenvalue weighted by Crippen LogP contribution is -2.09. The number of phenols is 1. The van der Waals surface area contributed by atoms with Gasteiger partial charge in [0.05, 0.1) is 13.7 Å². The zero-order valence-corrected chi connectivity index (χ0v) is 15.9. The van der Waals surface area contributed by atoms with Crippen molar-refractivity contribution in [3.05, 3.63) is 46.6 Å². The van der Waals surface area contributed by atoms with Crippen molar-refractivity contribution in [1.29, 1.82) is 0 Å². The van der Waals surface area contributed by atoms with Crippen LogP contribution in [0.4, 0.5) is 0 Å². The molecule has 0 aliphatic carbocycles. The van der Waals surface area contributed by atoms with Crippen molar-refractivity contribution >= 4 is 16.9 Å². The number of rotatable bonds is 8. The molecule has 2 aromatic carbocycles. The highest BCUT2D eigenvalue weighted by atomic mass is 16.5. The van der Waals surface area contributed by atoms with E-state index in [9.17, 15) is 14.7 Å². The van der Waals surface area contributed by atoms with Gasteiger partial charge in [-0.1, -0.05) is 6.92 Å². The van der Waals surface area contributed by atoms with Crippen LogP contribution in [0.5, 0.6) is 23.0 Å². The molecule has 1 aromatic heterocycles. The Morgan fingerprint density at radius 2 is 1.90 bits per heavy atom. The maximum absolute atomic E-state index is 12.5. The Morgan fingerprint density at radius 3 is 2.59 bits per heavy atom. The average Bonchev–Trinajstić information content (AvgIpc) is 2.69. The molecule has 0 fully saturated rings. The summed E-state index contributed by atoms with van der Waals surface area (Å²) in [7, 11) is 1.53. The molecule has 0 amide bonds. The van der Waals surface area contributed by atoms with E-state index in [0.717, 1.165) is 6.42 Å². The monoisotopic (exact) mass is 400 g/mol. The predicted octanol–water partition coefficient (Wildman–Crippen LogP) is 3.43. The van der Waals surface area contributed by atoms with Gasteiger partial charge in [0.2, 0.25) is 0 Å². The molecule has 0 saturated carbocycles. The third-order valence-electron chi connectivity index (χ3n) is 4.06. The Hall–Kier alpha value is -3.68. The molecule has 8 heteroatoms. The van der Waals surface area contributed by atoms with Crippen molar-refractivity contribution in [2.45, 2.75) is 13.3 Å². The molecular formula is C21H20O8. The molecule has 0 aliphatic heterocycles. The molecule has 8 nitrogen and oxygen atoms in total. The van der Waals surface area contributed by atoms with E-state index in [0.29, 0.717) is 23.7 Å². The lowest BCUT2D eigenvalue weighted by Gasteiger charge is -2.12. The van der Waals surface area contributed by atoms with Gasteiger partial charge in [-0.15, -0.1) is 0 Å². The van der Waals surface area contributed by atoms with Gasteiger partial charge in [0.15, 0.2) is 23.5 Å². The second-order valence-electron chi connectivity index (χ2n) is 6.19. The van der Waals surface area contributed by atoms with Crippen molar-refractivity contribution in [3.8, 4) is 34.3 Å². The van der Waals surface area contributed by atoms with Crippen molar-refractivity contribution in [3.63, 3.8) is 0 Å². The van der Waals surface area contributed by atoms with Crippen LogP contribution in [-0.2, 0) is 4.79 Å². The van der Waals surface area contributed by atoms with Crippen LogP contribution in [0.3, 0.4) is 0 Å². The molecule has 0 spiro atoms. The van der Waals surface area contributed by atoms with Gasteiger partial charge in [-0.3, -0.25) is 4.79 Å². The summed E-state index contributed by atoms with van der Waals surface area (Å²) in [5, 5.41) is 18.9. The molecule has 152 valence electrons. The normalized spacial score (nSPS) is 10.7. The first-order valence-corrected chi connectivity index (χ1v) is 8.89. The molecule has 0 atom stereocenters. The number of aromatic hydroxyl groups is 1. The quantitative estimate of drug-likeness (QED) is 0.591. The van der Waals surface area contributed by atoms with Gasteiger partial charge in [-0.25, -0.2) is 4.79 Å². The lowest BCUT2D eigenvalue weighted by atomic mass is 10.1. The number of aliphatic carboxylic acids is 1. The maximum Gasteiger partial charge on any atom is 0.341 e. The smallest absolute Gasteiger partial charge is 0.341 e. The fraction of sp³-hybridized carbons (Fsp3) is 0.238. The van der Waals surface area contributed by atoms with E-state index in [1.54, 1.807) is 18.2 Å². The number of hydrogen-bond donors (Lipinski definition) is 2. The van der Waals surface area contributed by atoms with Gasteiger partial charge in [0.25, 0.3) is 0 Å². The molecule has 3 aromatic rings. The highest BCUT2D eigenvalue weighted by Gasteiger charge is 2.15. The number of benzene rings is 2. The molecule has 0 aliphatic rings. The highest BCUT2D eigenvalue weighted by molar-refractivity contribution is 5.86. The SMILES string of the molecule is CCCOc1cc(-c2cc(=O)c3c(O)cc(OCC(=O)O)cc3o2)ccc1OC. The van der Waals surface area contributed by atoms with E-state index in [-0.39, 0.29) is 28.2 Å². The minimum absolute atomic E-state index is 0.0209. The van der Waals surface area contributed by atoms with Crippen LogP contribution in [0.25, 0.3) is 22.3 Å². The molecule has 0 bridgehead atoms. The van der Waals surface area contributed by atoms with Gasteiger partial charge in [0, 0.05) is 23.8 Å². The van der Waals surface area contributed by atoms with Gasteiger partial charge in [0.1, 0.15) is 28.2 Å². The molecule has 1 heterocycles. The van der Waals surface area contributed by atoms with Crippen molar-refractivity contribution in [2.75, 3.05) is 20.3 Å². The van der Waals surface area contributed by atoms with Gasteiger partial charge in [-0.2, -0.15) is 0 Å². The first-order valence-electron chi connectivity index (χ1n) is 8.89. The zero-order valence-electron chi connectivity index (χ0n) is 15.9. The number of carboxylic acids is 1. The second kappa shape index (κ2) is 8.55. The standard InChI is InChI=1S/C21H20O8/c1-3-6-27-18-7-12(4-5-16(18)26-2)17-10-15(23)21-14(22)8-13(9-19(21)29-17)28-11-20(24)25/h4-5,7-10,22H,3,6,11H2,1-2H3,(H,24,25). The zero-order chi connectivity index (χ0) is 21.0. The molecule has 0 radical (unpaired) electrons. The van der Waals surface area contributed by atoms with Crippen molar-refractivity contribution in [2.24, 2.45) is 0 Å². The maximum atomic E-state index is 12.5.